The molecule has 1 heterocycles. The molecule has 1 aromatic rings. The van der Waals surface area contributed by atoms with E-state index in [1.807, 2.05) is 0 Å². The standard InChI is InChI=1S/C11H15FN2/c1-7-9(12)4-5-11(14-7)10(13)6-8-2-3-8/h4-5,8,10H,2-3,6,13H2,1H3/t10-/m0/s1. The topological polar surface area (TPSA) is 38.9 Å². The first kappa shape index (κ1) is 9.59. The smallest absolute Gasteiger partial charge is 0.144 e. The molecule has 3 heteroatoms. The number of aromatic nitrogens is 1. The summed E-state index contributed by atoms with van der Waals surface area (Å²) in [5.74, 6) is 0.518. The monoisotopic (exact) mass is 194 g/mol. The van der Waals surface area contributed by atoms with Crippen LogP contribution < -0.4 is 5.73 Å². The van der Waals surface area contributed by atoms with Gasteiger partial charge < -0.3 is 5.73 Å². The van der Waals surface area contributed by atoms with Crippen molar-refractivity contribution in [2.75, 3.05) is 0 Å². The fourth-order valence-corrected chi connectivity index (χ4v) is 1.60. The first-order valence-corrected chi connectivity index (χ1v) is 5.05. The first-order valence-electron chi connectivity index (χ1n) is 5.05. The Balaban J connectivity index is 2.10. The van der Waals surface area contributed by atoms with Crippen LogP contribution in [0.15, 0.2) is 12.1 Å². The van der Waals surface area contributed by atoms with Gasteiger partial charge in [0, 0.05) is 6.04 Å². The van der Waals surface area contributed by atoms with Crippen molar-refractivity contribution in [3.05, 3.63) is 29.3 Å². The molecule has 1 aliphatic rings. The summed E-state index contributed by atoms with van der Waals surface area (Å²) in [7, 11) is 0. The summed E-state index contributed by atoms with van der Waals surface area (Å²) >= 11 is 0. The molecular formula is C11H15FN2. The third-order valence-corrected chi connectivity index (χ3v) is 2.71. The molecule has 2 nitrogen and oxygen atoms in total. The predicted octanol–water partition coefficient (Wildman–Crippen LogP) is 2.33. The summed E-state index contributed by atoms with van der Waals surface area (Å²) in [6, 6.07) is 3.11. The van der Waals surface area contributed by atoms with Crippen LogP contribution in [0.5, 0.6) is 0 Å². The number of nitrogens with two attached hydrogens (primary N) is 1. The lowest BCUT2D eigenvalue weighted by Crippen LogP contribution is -2.13. The van der Waals surface area contributed by atoms with Crippen LogP contribution in [-0.4, -0.2) is 4.98 Å². The highest BCUT2D eigenvalue weighted by atomic mass is 19.1. The summed E-state index contributed by atoms with van der Waals surface area (Å²) in [4.78, 5) is 4.15. The minimum absolute atomic E-state index is 0.0261. The van der Waals surface area contributed by atoms with Crippen molar-refractivity contribution in [3.63, 3.8) is 0 Å². The van der Waals surface area contributed by atoms with Gasteiger partial charge in [-0.3, -0.25) is 4.98 Å². The molecule has 0 saturated heterocycles. The van der Waals surface area contributed by atoms with Gasteiger partial charge in [-0.2, -0.15) is 0 Å². The fraction of sp³-hybridized carbons (Fsp3) is 0.545. The van der Waals surface area contributed by atoms with E-state index in [0.29, 0.717) is 5.69 Å². The van der Waals surface area contributed by atoms with Crippen LogP contribution in [-0.2, 0) is 0 Å². The molecule has 0 aliphatic heterocycles. The van der Waals surface area contributed by atoms with Crippen LogP contribution in [0.1, 0.15) is 36.7 Å². The van der Waals surface area contributed by atoms with E-state index in [2.05, 4.69) is 4.98 Å². The second kappa shape index (κ2) is 3.65. The van der Waals surface area contributed by atoms with Gasteiger partial charge in [0.2, 0.25) is 0 Å². The quantitative estimate of drug-likeness (QED) is 0.802. The lowest BCUT2D eigenvalue weighted by Gasteiger charge is -2.10. The highest BCUT2D eigenvalue weighted by Crippen LogP contribution is 2.36. The number of aryl methyl sites for hydroxylation is 1. The van der Waals surface area contributed by atoms with Crippen LogP contribution >= 0.6 is 0 Å². The second-order valence-corrected chi connectivity index (χ2v) is 4.09. The van der Waals surface area contributed by atoms with Crippen LogP contribution in [0.4, 0.5) is 4.39 Å². The van der Waals surface area contributed by atoms with Gasteiger partial charge in [0.1, 0.15) is 5.82 Å². The molecule has 1 aliphatic carbocycles. The van der Waals surface area contributed by atoms with Gasteiger partial charge >= 0.3 is 0 Å². The normalized spacial score (nSPS) is 18.2. The van der Waals surface area contributed by atoms with E-state index in [4.69, 9.17) is 5.73 Å². The van der Waals surface area contributed by atoms with E-state index in [9.17, 15) is 4.39 Å². The van der Waals surface area contributed by atoms with Crippen molar-refractivity contribution < 1.29 is 4.39 Å². The average Bonchev–Trinajstić information content (AvgIpc) is 2.93. The molecule has 2 rings (SSSR count). The Morgan fingerprint density at radius 1 is 1.57 bits per heavy atom. The van der Waals surface area contributed by atoms with Crippen molar-refractivity contribution in [2.45, 2.75) is 32.2 Å². The van der Waals surface area contributed by atoms with Gasteiger partial charge in [-0.15, -0.1) is 0 Å². The lowest BCUT2D eigenvalue weighted by atomic mass is 10.1. The largest absolute Gasteiger partial charge is 0.323 e. The molecule has 0 unspecified atom stereocenters. The zero-order chi connectivity index (χ0) is 10.1. The summed E-state index contributed by atoms with van der Waals surface area (Å²) in [5.41, 5.74) is 7.22. The SMILES string of the molecule is Cc1nc([C@@H](N)CC2CC2)ccc1F. The van der Waals surface area contributed by atoms with Crippen LogP contribution in [0, 0.1) is 18.7 Å². The van der Waals surface area contributed by atoms with Crippen LogP contribution in [0.2, 0.25) is 0 Å². The molecule has 0 amide bonds. The highest BCUT2D eigenvalue weighted by Gasteiger charge is 2.25. The van der Waals surface area contributed by atoms with Gasteiger partial charge in [-0.25, -0.2) is 4.39 Å². The third kappa shape index (κ3) is 2.10. The van der Waals surface area contributed by atoms with Gasteiger partial charge in [0.25, 0.3) is 0 Å². The third-order valence-electron chi connectivity index (χ3n) is 2.71. The number of halogens is 1. The Morgan fingerprint density at radius 2 is 2.29 bits per heavy atom. The van der Waals surface area contributed by atoms with E-state index < -0.39 is 0 Å². The Bertz CT molecular complexity index is 334. The maximum Gasteiger partial charge on any atom is 0.144 e. The molecule has 0 bridgehead atoms. The summed E-state index contributed by atoms with van der Waals surface area (Å²) < 4.78 is 12.9. The number of hydrogen-bond acceptors (Lipinski definition) is 2. The van der Waals surface area contributed by atoms with Crippen molar-refractivity contribution in [1.82, 2.24) is 4.98 Å². The van der Waals surface area contributed by atoms with Crippen molar-refractivity contribution in [2.24, 2.45) is 11.7 Å². The molecule has 0 radical (unpaired) electrons. The van der Waals surface area contributed by atoms with Crippen molar-refractivity contribution in [3.8, 4) is 0 Å². The van der Waals surface area contributed by atoms with E-state index in [1.165, 1.54) is 18.9 Å². The molecule has 14 heavy (non-hydrogen) atoms. The molecule has 1 fully saturated rings. The molecular weight excluding hydrogens is 179 g/mol. The number of hydrogen-bond donors (Lipinski definition) is 1. The van der Waals surface area contributed by atoms with Crippen LogP contribution in [0.3, 0.4) is 0 Å². The van der Waals surface area contributed by atoms with Crippen molar-refractivity contribution >= 4 is 0 Å². The molecule has 2 N–H and O–H groups in total. The van der Waals surface area contributed by atoms with E-state index in [-0.39, 0.29) is 11.9 Å². The molecule has 0 spiro atoms. The number of pyridine rings is 1. The Labute approximate surface area is 83.3 Å². The van der Waals surface area contributed by atoms with Gasteiger partial charge in [0.05, 0.1) is 11.4 Å². The fourth-order valence-electron chi connectivity index (χ4n) is 1.60. The molecule has 1 aromatic heterocycles. The second-order valence-electron chi connectivity index (χ2n) is 4.09. The molecule has 0 aromatic carbocycles. The zero-order valence-corrected chi connectivity index (χ0v) is 8.33. The Morgan fingerprint density at radius 3 is 2.86 bits per heavy atom. The minimum Gasteiger partial charge on any atom is -0.323 e. The first-order chi connectivity index (χ1) is 6.66. The maximum atomic E-state index is 12.9. The van der Waals surface area contributed by atoms with Gasteiger partial charge in [-0.05, 0) is 31.4 Å². The predicted molar refractivity (Wildman–Crippen MR) is 53.2 cm³/mol. The molecule has 1 saturated carbocycles. The zero-order valence-electron chi connectivity index (χ0n) is 8.33. The van der Waals surface area contributed by atoms with Gasteiger partial charge in [-0.1, -0.05) is 12.8 Å². The van der Waals surface area contributed by atoms with Crippen LogP contribution in [0.25, 0.3) is 0 Å². The molecule has 1 atom stereocenters. The number of rotatable bonds is 3. The summed E-state index contributed by atoms with van der Waals surface area (Å²) in [6.07, 6.45) is 3.56. The van der Waals surface area contributed by atoms with Crippen molar-refractivity contribution in [1.29, 1.82) is 0 Å². The highest BCUT2D eigenvalue weighted by molar-refractivity contribution is 5.15. The number of nitrogens with zero attached hydrogens (tertiary/aromatic N) is 1. The maximum absolute atomic E-state index is 12.9. The van der Waals surface area contributed by atoms with E-state index in [1.54, 1.807) is 13.0 Å². The Kier molecular flexibility index (Phi) is 2.50. The summed E-state index contributed by atoms with van der Waals surface area (Å²) in [6.45, 7) is 1.67. The minimum atomic E-state index is -0.257. The lowest BCUT2D eigenvalue weighted by molar-refractivity contribution is 0.567. The average molecular weight is 194 g/mol. The van der Waals surface area contributed by atoms with E-state index >= 15 is 0 Å². The Hall–Kier alpha value is -0.960. The molecule has 76 valence electrons. The van der Waals surface area contributed by atoms with Gasteiger partial charge in [0.15, 0.2) is 0 Å². The summed E-state index contributed by atoms with van der Waals surface area (Å²) in [5, 5.41) is 0. The van der Waals surface area contributed by atoms with E-state index in [0.717, 1.165) is 18.0 Å².